The Labute approximate surface area is 94.3 Å². The second kappa shape index (κ2) is 11.2. The lowest BCUT2D eigenvalue weighted by molar-refractivity contribution is -0.118. The molecule has 0 saturated heterocycles. The van der Waals surface area contributed by atoms with Gasteiger partial charge in [-0.15, -0.1) is 0 Å². The van der Waals surface area contributed by atoms with E-state index >= 15 is 0 Å². The first kappa shape index (κ1) is 14.2. The third-order valence-corrected chi connectivity index (χ3v) is 2.49. The molecule has 1 heteroatoms. The van der Waals surface area contributed by atoms with Gasteiger partial charge in [-0.1, -0.05) is 51.0 Å². The van der Waals surface area contributed by atoms with Crippen molar-refractivity contribution in [3.8, 4) is 0 Å². The van der Waals surface area contributed by atoms with Gasteiger partial charge in [-0.2, -0.15) is 0 Å². The number of unbranched alkanes of at least 4 members (excludes halogenated alkanes) is 5. The van der Waals surface area contributed by atoms with E-state index in [-0.39, 0.29) is 0 Å². The number of allylic oxidation sites excluding steroid dienone is 3. The van der Waals surface area contributed by atoms with Crippen LogP contribution < -0.4 is 0 Å². The first-order valence-corrected chi connectivity index (χ1v) is 6.10. The maximum absolute atomic E-state index is 11.0. The smallest absolute Gasteiger partial charge is 0.132 e. The summed E-state index contributed by atoms with van der Waals surface area (Å²) in [4.78, 5) is 11.0. The molecular weight excluding hydrogens is 184 g/mol. The predicted octanol–water partition coefficient (Wildman–Crippen LogP) is 4.44. The number of carbonyl (C=O) groups is 1. The van der Waals surface area contributed by atoms with Crippen LogP contribution in [0.3, 0.4) is 0 Å². The summed E-state index contributed by atoms with van der Waals surface area (Å²) in [6.07, 6.45) is 14.7. The summed E-state index contributed by atoms with van der Waals surface area (Å²) in [5.41, 5.74) is 0. The molecule has 0 saturated carbocycles. The highest BCUT2D eigenvalue weighted by Gasteiger charge is 1.97. The third-order valence-electron chi connectivity index (χ3n) is 2.49. The molecule has 86 valence electrons. The number of ketones is 1. The molecule has 0 N–H and O–H groups in total. The second-order valence-corrected chi connectivity index (χ2v) is 3.86. The van der Waals surface area contributed by atoms with Gasteiger partial charge in [0.2, 0.25) is 0 Å². The monoisotopic (exact) mass is 208 g/mol. The van der Waals surface area contributed by atoms with Gasteiger partial charge in [0, 0.05) is 12.8 Å². The Balaban J connectivity index is 3.08. The molecule has 0 aliphatic carbocycles. The van der Waals surface area contributed by atoms with Crippen molar-refractivity contribution < 1.29 is 4.79 Å². The minimum Gasteiger partial charge on any atom is -0.300 e. The first-order valence-electron chi connectivity index (χ1n) is 6.10. The Morgan fingerprint density at radius 3 is 2.47 bits per heavy atom. The summed E-state index contributed by atoms with van der Waals surface area (Å²) < 4.78 is 0. The quantitative estimate of drug-likeness (QED) is 0.383. The van der Waals surface area contributed by atoms with Gasteiger partial charge in [0.05, 0.1) is 0 Å². The molecule has 0 heterocycles. The Hall–Kier alpha value is -0.850. The maximum atomic E-state index is 11.0. The molecule has 0 unspecified atom stereocenters. The summed E-state index contributed by atoms with van der Waals surface area (Å²) in [6.45, 7) is 5.56. The summed E-state index contributed by atoms with van der Waals surface area (Å²) >= 11 is 0. The van der Waals surface area contributed by atoms with Crippen LogP contribution in [0, 0.1) is 0 Å². The number of carbonyl (C=O) groups excluding carboxylic acids is 1. The van der Waals surface area contributed by atoms with Gasteiger partial charge < -0.3 is 0 Å². The molecule has 0 bridgehead atoms. The molecule has 15 heavy (non-hydrogen) atoms. The zero-order valence-corrected chi connectivity index (χ0v) is 10.0. The van der Waals surface area contributed by atoms with E-state index < -0.39 is 0 Å². The topological polar surface area (TPSA) is 17.1 Å². The van der Waals surface area contributed by atoms with E-state index in [1.54, 1.807) is 0 Å². The molecule has 0 amide bonds. The Kier molecular flexibility index (Phi) is 10.6. The van der Waals surface area contributed by atoms with Crippen LogP contribution in [0.5, 0.6) is 0 Å². The summed E-state index contributed by atoms with van der Waals surface area (Å²) in [7, 11) is 0. The molecule has 1 nitrogen and oxygen atoms in total. The zero-order chi connectivity index (χ0) is 11.4. The van der Waals surface area contributed by atoms with E-state index in [1.807, 2.05) is 19.1 Å². The fraction of sp³-hybridized carbons (Fsp3) is 0.643. The van der Waals surface area contributed by atoms with E-state index in [0.29, 0.717) is 12.2 Å². The lowest BCUT2D eigenvalue weighted by atomic mass is 10.1. The van der Waals surface area contributed by atoms with Crippen molar-refractivity contribution in [3.05, 3.63) is 24.8 Å². The number of rotatable bonds is 10. The summed E-state index contributed by atoms with van der Waals surface area (Å²) in [5.74, 6) is 0.406. The fourth-order valence-corrected chi connectivity index (χ4v) is 1.48. The number of Topliss-reactive ketones (excluding diaryl/α,β-unsaturated/α-hetero) is 1. The average molecular weight is 208 g/mol. The van der Waals surface area contributed by atoms with Crippen molar-refractivity contribution in [1.29, 1.82) is 0 Å². The zero-order valence-electron chi connectivity index (χ0n) is 10.0. The van der Waals surface area contributed by atoms with Crippen molar-refractivity contribution >= 4 is 5.78 Å². The van der Waals surface area contributed by atoms with Gasteiger partial charge in [0.1, 0.15) is 5.78 Å². The van der Waals surface area contributed by atoms with Crippen LogP contribution in [0.25, 0.3) is 0 Å². The number of hydrogen-bond acceptors (Lipinski definition) is 1. The Bertz CT molecular complexity index is 192. The van der Waals surface area contributed by atoms with Gasteiger partial charge in [-0.05, 0) is 19.3 Å². The van der Waals surface area contributed by atoms with Crippen molar-refractivity contribution in [1.82, 2.24) is 0 Å². The SMILES string of the molecule is C=C/C=C\CCCCCCCC(=O)CC. The normalized spacial score (nSPS) is 10.7. The summed E-state index contributed by atoms with van der Waals surface area (Å²) in [5, 5.41) is 0. The lowest BCUT2D eigenvalue weighted by Crippen LogP contribution is -1.93. The van der Waals surface area contributed by atoms with Crippen LogP contribution >= 0.6 is 0 Å². The van der Waals surface area contributed by atoms with E-state index in [1.165, 1.54) is 25.7 Å². The largest absolute Gasteiger partial charge is 0.300 e. The molecule has 0 spiro atoms. The van der Waals surface area contributed by atoms with E-state index in [0.717, 1.165) is 19.3 Å². The third kappa shape index (κ3) is 11.1. The average Bonchev–Trinajstić information content (AvgIpc) is 2.26. The van der Waals surface area contributed by atoms with Crippen molar-refractivity contribution in [2.24, 2.45) is 0 Å². The minimum absolute atomic E-state index is 0.406. The van der Waals surface area contributed by atoms with Crippen LogP contribution in [-0.4, -0.2) is 5.78 Å². The molecule has 0 aromatic heterocycles. The van der Waals surface area contributed by atoms with E-state index in [2.05, 4.69) is 12.7 Å². The first-order chi connectivity index (χ1) is 7.31. The maximum Gasteiger partial charge on any atom is 0.132 e. The highest BCUT2D eigenvalue weighted by molar-refractivity contribution is 5.77. The molecule has 0 fully saturated rings. The van der Waals surface area contributed by atoms with E-state index in [9.17, 15) is 4.79 Å². The van der Waals surface area contributed by atoms with Gasteiger partial charge in [-0.3, -0.25) is 4.79 Å². The minimum atomic E-state index is 0.406. The highest BCUT2D eigenvalue weighted by atomic mass is 16.1. The standard InChI is InChI=1S/C14H24O/c1-3-5-6-7-8-9-10-11-12-13-14(15)4-2/h3,5-6H,1,4,7-13H2,2H3/b6-5-. The Morgan fingerprint density at radius 2 is 1.80 bits per heavy atom. The van der Waals surface area contributed by atoms with Gasteiger partial charge in [-0.25, -0.2) is 0 Å². The molecule has 0 atom stereocenters. The van der Waals surface area contributed by atoms with Crippen LogP contribution in [0.2, 0.25) is 0 Å². The Morgan fingerprint density at radius 1 is 1.13 bits per heavy atom. The van der Waals surface area contributed by atoms with E-state index in [4.69, 9.17) is 0 Å². The molecule has 0 rings (SSSR count). The fourth-order valence-electron chi connectivity index (χ4n) is 1.48. The van der Waals surface area contributed by atoms with Crippen LogP contribution in [0.15, 0.2) is 24.8 Å². The molecule has 0 aliphatic rings. The number of hydrogen-bond donors (Lipinski definition) is 0. The summed E-state index contributed by atoms with van der Waals surface area (Å²) in [6, 6.07) is 0. The van der Waals surface area contributed by atoms with Crippen molar-refractivity contribution in [2.45, 2.75) is 58.3 Å². The van der Waals surface area contributed by atoms with Crippen molar-refractivity contribution in [3.63, 3.8) is 0 Å². The lowest BCUT2D eigenvalue weighted by Gasteiger charge is -1.99. The van der Waals surface area contributed by atoms with Crippen molar-refractivity contribution in [2.75, 3.05) is 0 Å². The van der Waals surface area contributed by atoms with Gasteiger partial charge in [0.25, 0.3) is 0 Å². The second-order valence-electron chi connectivity index (χ2n) is 3.86. The molecule has 0 radical (unpaired) electrons. The van der Waals surface area contributed by atoms with Gasteiger partial charge in [0.15, 0.2) is 0 Å². The molecule has 0 aliphatic heterocycles. The molecule has 0 aromatic carbocycles. The predicted molar refractivity (Wildman–Crippen MR) is 67.0 cm³/mol. The molecular formula is C14H24O. The highest BCUT2D eigenvalue weighted by Crippen LogP contribution is 2.08. The van der Waals surface area contributed by atoms with Crippen LogP contribution in [-0.2, 0) is 4.79 Å². The molecule has 0 aromatic rings. The van der Waals surface area contributed by atoms with Crippen LogP contribution in [0.1, 0.15) is 58.3 Å². The van der Waals surface area contributed by atoms with Crippen LogP contribution in [0.4, 0.5) is 0 Å². The van der Waals surface area contributed by atoms with Gasteiger partial charge >= 0.3 is 0 Å².